The number of benzene rings is 1. The minimum absolute atomic E-state index is 0.0168. The number of hydrogen-bond acceptors (Lipinski definition) is 7. The molecular weight excluding hydrogens is 474 g/mol. The molecule has 0 bridgehead atoms. The first-order chi connectivity index (χ1) is 17.2. The number of nitrogens with zero attached hydrogens (tertiary/aromatic N) is 4. The second-order valence-electron chi connectivity index (χ2n) is 9.85. The SMILES string of the molecule is Cn1cc(-c2cccc(N3Cc4cc(C(C)(C)C)sc4C3=O)c2CO)cc(Nc2ccncn2)c1=O. The monoisotopic (exact) mass is 501 g/mol. The predicted molar refractivity (Wildman–Crippen MR) is 142 cm³/mol. The Morgan fingerprint density at radius 1 is 1.17 bits per heavy atom. The fourth-order valence-electron chi connectivity index (χ4n) is 4.37. The van der Waals surface area contributed by atoms with Gasteiger partial charge in [-0.05, 0) is 40.8 Å². The van der Waals surface area contributed by atoms with Crippen LogP contribution in [-0.4, -0.2) is 25.5 Å². The lowest BCUT2D eigenvalue weighted by Crippen LogP contribution is -2.25. The van der Waals surface area contributed by atoms with Crippen LogP contribution in [-0.2, 0) is 25.6 Å². The second-order valence-corrected chi connectivity index (χ2v) is 10.9. The third kappa shape index (κ3) is 4.20. The molecule has 0 radical (unpaired) electrons. The number of aliphatic hydroxyl groups is 1. The van der Waals surface area contributed by atoms with Gasteiger partial charge < -0.3 is 19.9 Å². The third-order valence-corrected chi connectivity index (χ3v) is 7.85. The lowest BCUT2D eigenvalue weighted by molar-refractivity contribution is 0.0999. The Kier molecular flexibility index (Phi) is 5.97. The Morgan fingerprint density at radius 3 is 2.64 bits per heavy atom. The van der Waals surface area contributed by atoms with Crippen LogP contribution in [0.5, 0.6) is 0 Å². The fraction of sp³-hybridized carbons (Fsp3) is 0.259. The summed E-state index contributed by atoms with van der Waals surface area (Å²) in [5.74, 6) is 0.447. The smallest absolute Gasteiger partial charge is 0.274 e. The number of rotatable bonds is 5. The first kappa shape index (κ1) is 23.9. The molecule has 5 rings (SSSR count). The molecule has 1 aromatic carbocycles. The van der Waals surface area contributed by atoms with Crippen LogP contribution in [0.2, 0.25) is 0 Å². The van der Waals surface area contributed by atoms with Crippen LogP contribution in [0.4, 0.5) is 17.2 Å². The molecular formula is C27H27N5O3S. The van der Waals surface area contributed by atoms with Gasteiger partial charge in [0, 0.05) is 35.4 Å². The number of hydrogen-bond donors (Lipinski definition) is 2. The molecule has 0 saturated heterocycles. The van der Waals surface area contributed by atoms with E-state index in [0.717, 1.165) is 21.6 Å². The molecule has 9 heteroatoms. The molecule has 0 spiro atoms. The molecule has 0 atom stereocenters. The van der Waals surface area contributed by atoms with E-state index in [9.17, 15) is 14.7 Å². The van der Waals surface area contributed by atoms with Crippen molar-refractivity contribution in [1.29, 1.82) is 0 Å². The minimum Gasteiger partial charge on any atom is -0.392 e. The number of carbonyl (C=O) groups excluding carboxylic acids is 1. The molecule has 0 saturated carbocycles. The molecule has 4 aromatic rings. The maximum atomic E-state index is 13.4. The molecule has 184 valence electrons. The van der Waals surface area contributed by atoms with E-state index < -0.39 is 0 Å². The van der Waals surface area contributed by atoms with Gasteiger partial charge >= 0.3 is 0 Å². The Morgan fingerprint density at radius 2 is 1.97 bits per heavy atom. The average Bonchev–Trinajstić information content (AvgIpc) is 3.41. The van der Waals surface area contributed by atoms with Crippen molar-refractivity contribution >= 4 is 34.4 Å². The van der Waals surface area contributed by atoms with Gasteiger partial charge in [-0.1, -0.05) is 32.9 Å². The van der Waals surface area contributed by atoms with Crippen LogP contribution in [0.25, 0.3) is 11.1 Å². The van der Waals surface area contributed by atoms with E-state index in [1.54, 1.807) is 47.8 Å². The first-order valence-electron chi connectivity index (χ1n) is 11.6. The highest BCUT2D eigenvalue weighted by Crippen LogP contribution is 2.41. The number of anilines is 3. The first-order valence-corrected chi connectivity index (χ1v) is 12.4. The van der Waals surface area contributed by atoms with Gasteiger partial charge in [-0.3, -0.25) is 9.59 Å². The predicted octanol–water partition coefficient (Wildman–Crippen LogP) is 4.60. The highest BCUT2D eigenvalue weighted by Gasteiger charge is 2.34. The minimum atomic E-state index is -0.256. The summed E-state index contributed by atoms with van der Waals surface area (Å²) in [7, 11) is 1.67. The zero-order valence-corrected chi connectivity index (χ0v) is 21.4. The summed E-state index contributed by atoms with van der Waals surface area (Å²) in [5, 5.41) is 13.5. The standard InChI is InChI=1S/C27H27N5O3S/c1-27(2,3)22-11-17-13-32(26(35)24(17)36-22)21-7-5-6-18(19(21)14-33)16-10-20(25(34)31(4)12-16)30-23-8-9-28-15-29-23/h5-12,15,33H,13-14H2,1-4H3,(H,28,29,30). The van der Waals surface area contributed by atoms with E-state index in [2.05, 4.69) is 42.1 Å². The second kappa shape index (κ2) is 9.00. The van der Waals surface area contributed by atoms with Crippen molar-refractivity contribution in [2.75, 3.05) is 10.2 Å². The summed E-state index contributed by atoms with van der Waals surface area (Å²) in [4.78, 5) is 37.9. The van der Waals surface area contributed by atoms with Crippen molar-refractivity contribution in [3.63, 3.8) is 0 Å². The van der Waals surface area contributed by atoms with Crippen LogP contribution < -0.4 is 15.8 Å². The summed E-state index contributed by atoms with van der Waals surface area (Å²) in [6.07, 6.45) is 4.72. The van der Waals surface area contributed by atoms with Gasteiger partial charge in [0.1, 0.15) is 17.8 Å². The van der Waals surface area contributed by atoms with Crippen LogP contribution in [0.15, 0.2) is 59.9 Å². The van der Waals surface area contributed by atoms with E-state index in [1.807, 2.05) is 18.2 Å². The number of thiophene rings is 1. The maximum absolute atomic E-state index is 13.4. The highest BCUT2D eigenvalue weighted by molar-refractivity contribution is 7.14. The molecule has 8 nitrogen and oxygen atoms in total. The number of aryl methyl sites for hydroxylation is 1. The number of pyridine rings is 1. The van der Waals surface area contributed by atoms with Gasteiger partial charge in [0.2, 0.25) is 0 Å². The molecule has 0 aliphatic carbocycles. The highest BCUT2D eigenvalue weighted by atomic mass is 32.1. The third-order valence-electron chi connectivity index (χ3n) is 6.26. The molecule has 0 fully saturated rings. The molecule has 1 amide bonds. The van der Waals surface area contributed by atoms with Crippen molar-refractivity contribution in [1.82, 2.24) is 14.5 Å². The molecule has 1 aliphatic rings. The van der Waals surface area contributed by atoms with Gasteiger partial charge in [-0.2, -0.15) is 0 Å². The molecule has 36 heavy (non-hydrogen) atoms. The van der Waals surface area contributed by atoms with Crippen molar-refractivity contribution < 1.29 is 9.90 Å². The normalized spacial score (nSPS) is 13.2. The summed E-state index contributed by atoms with van der Waals surface area (Å²) >= 11 is 1.55. The van der Waals surface area contributed by atoms with Gasteiger partial charge in [0.25, 0.3) is 11.5 Å². The topological polar surface area (TPSA) is 100 Å². The van der Waals surface area contributed by atoms with Crippen LogP contribution >= 0.6 is 11.3 Å². The largest absolute Gasteiger partial charge is 0.392 e. The van der Waals surface area contributed by atoms with Crippen molar-refractivity contribution in [3.05, 3.63) is 86.4 Å². The quantitative estimate of drug-likeness (QED) is 0.415. The number of fused-ring (bicyclic) bond motifs is 1. The molecule has 2 N–H and O–H groups in total. The molecule has 3 aromatic heterocycles. The number of nitrogens with one attached hydrogen (secondary N) is 1. The van der Waals surface area contributed by atoms with E-state index in [-0.39, 0.29) is 23.5 Å². The number of aromatic nitrogens is 3. The fourth-order valence-corrected chi connectivity index (χ4v) is 5.55. The van der Waals surface area contributed by atoms with Crippen LogP contribution in [0.3, 0.4) is 0 Å². The number of aliphatic hydroxyl groups excluding tert-OH is 1. The summed E-state index contributed by atoms with van der Waals surface area (Å²) in [6.45, 7) is 6.64. The molecule has 1 aliphatic heterocycles. The van der Waals surface area contributed by atoms with Crippen LogP contribution in [0, 0.1) is 0 Å². The van der Waals surface area contributed by atoms with Crippen molar-refractivity contribution in [2.24, 2.45) is 7.05 Å². The van der Waals surface area contributed by atoms with Gasteiger partial charge in [-0.25, -0.2) is 9.97 Å². The number of carbonyl (C=O) groups is 1. The average molecular weight is 502 g/mol. The van der Waals surface area contributed by atoms with Gasteiger partial charge in [-0.15, -0.1) is 11.3 Å². The summed E-state index contributed by atoms with van der Waals surface area (Å²) in [5.41, 5.74) is 3.90. The van der Waals surface area contributed by atoms with E-state index in [4.69, 9.17) is 0 Å². The van der Waals surface area contributed by atoms with Crippen LogP contribution in [0.1, 0.15) is 46.4 Å². The van der Waals surface area contributed by atoms with Crippen molar-refractivity contribution in [2.45, 2.75) is 39.3 Å². The Labute approximate surface area is 212 Å². The Hall–Kier alpha value is -3.82. The van der Waals surface area contributed by atoms with Gasteiger partial charge in [0.05, 0.1) is 23.7 Å². The van der Waals surface area contributed by atoms with Crippen molar-refractivity contribution in [3.8, 4) is 11.1 Å². The zero-order chi connectivity index (χ0) is 25.6. The van der Waals surface area contributed by atoms with E-state index in [0.29, 0.717) is 29.3 Å². The van der Waals surface area contributed by atoms with E-state index in [1.165, 1.54) is 15.8 Å². The summed E-state index contributed by atoms with van der Waals surface area (Å²) < 4.78 is 1.49. The van der Waals surface area contributed by atoms with Gasteiger partial charge in [0.15, 0.2) is 0 Å². The molecule has 4 heterocycles. The Bertz CT molecular complexity index is 1520. The Balaban J connectivity index is 1.54. The zero-order valence-electron chi connectivity index (χ0n) is 20.6. The lowest BCUT2D eigenvalue weighted by atomic mass is 9.94. The van der Waals surface area contributed by atoms with E-state index >= 15 is 0 Å². The number of amides is 1. The maximum Gasteiger partial charge on any atom is 0.274 e. The lowest BCUT2D eigenvalue weighted by Gasteiger charge is -2.22. The summed E-state index contributed by atoms with van der Waals surface area (Å²) in [6, 6.07) is 11.1. The molecule has 0 unspecified atom stereocenters.